The highest BCUT2D eigenvalue weighted by Crippen LogP contribution is 2.21. The highest BCUT2D eigenvalue weighted by molar-refractivity contribution is 14.1. The van der Waals surface area contributed by atoms with Gasteiger partial charge in [-0.2, -0.15) is 0 Å². The molecule has 0 radical (unpaired) electrons. The van der Waals surface area contributed by atoms with Crippen molar-refractivity contribution in [1.82, 2.24) is 5.32 Å². The molecule has 0 saturated heterocycles. The molecule has 0 heterocycles. The van der Waals surface area contributed by atoms with Gasteiger partial charge in [0.25, 0.3) is 5.91 Å². The van der Waals surface area contributed by atoms with Gasteiger partial charge in [0.2, 0.25) is 0 Å². The van der Waals surface area contributed by atoms with Crippen LogP contribution in [-0.2, 0) is 4.79 Å². The molecule has 0 aliphatic heterocycles. The molecule has 0 aromatic heterocycles. The zero-order valence-electron chi connectivity index (χ0n) is 11.6. The molecule has 0 spiro atoms. The molecule has 6 heteroatoms. The van der Waals surface area contributed by atoms with Gasteiger partial charge in [-0.15, -0.1) is 0 Å². The van der Waals surface area contributed by atoms with Crippen molar-refractivity contribution in [3.63, 3.8) is 0 Å². The Morgan fingerprint density at radius 2 is 2.00 bits per heavy atom. The van der Waals surface area contributed by atoms with E-state index in [1.807, 2.05) is 43.4 Å². The largest absolute Gasteiger partial charge is 0.483 e. The van der Waals surface area contributed by atoms with Crippen LogP contribution in [0, 0.1) is 9.49 Å². The molecular weight excluding hydrogens is 373 g/mol. The van der Waals surface area contributed by atoms with E-state index >= 15 is 0 Å². The third-order valence-electron chi connectivity index (χ3n) is 2.92. The lowest BCUT2D eigenvalue weighted by molar-refractivity contribution is -0.124. The third-order valence-corrected chi connectivity index (χ3v) is 3.59. The molecule has 5 nitrogen and oxygen atoms in total. The Morgan fingerprint density at radius 1 is 1.35 bits per heavy atom. The van der Waals surface area contributed by atoms with Crippen molar-refractivity contribution < 1.29 is 19.4 Å². The standard InChI is InChI=1S/C14H18INO4/c1-8(2)9(3)16-13(17)7-20-12-5-4-10(15)6-11(12)14(18)19/h4-6,8-9H,7H2,1-3H3,(H,16,17)(H,18,19). The first kappa shape index (κ1) is 16.7. The lowest BCUT2D eigenvalue weighted by Gasteiger charge is -2.17. The van der Waals surface area contributed by atoms with Gasteiger partial charge in [-0.3, -0.25) is 4.79 Å². The van der Waals surface area contributed by atoms with Crippen LogP contribution in [0.1, 0.15) is 31.1 Å². The van der Waals surface area contributed by atoms with E-state index in [0.29, 0.717) is 5.92 Å². The normalized spacial score (nSPS) is 12.1. The van der Waals surface area contributed by atoms with Crippen LogP contribution < -0.4 is 10.1 Å². The number of benzene rings is 1. The fraction of sp³-hybridized carbons (Fsp3) is 0.429. The van der Waals surface area contributed by atoms with Crippen LogP contribution in [0.5, 0.6) is 5.75 Å². The lowest BCUT2D eigenvalue weighted by atomic mass is 10.1. The van der Waals surface area contributed by atoms with Crippen molar-refractivity contribution in [3.8, 4) is 5.75 Å². The number of rotatable bonds is 6. The molecule has 0 fully saturated rings. The van der Waals surface area contributed by atoms with Crippen molar-refractivity contribution in [2.45, 2.75) is 26.8 Å². The Labute approximate surface area is 131 Å². The molecule has 1 aromatic rings. The fourth-order valence-electron chi connectivity index (χ4n) is 1.40. The molecule has 110 valence electrons. The Hall–Kier alpha value is -1.31. The number of carbonyl (C=O) groups is 2. The van der Waals surface area contributed by atoms with Crippen LogP contribution in [0.25, 0.3) is 0 Å². The van der Waals surface area contributed by atoms with Crippen LogP contribution in [0.3, 0.4) is 0 Å². The van der Waals surface area contributed by atoms with E-state index in [4.69, 9.17) is 9.84 Å². The highest BCUT2D eigenvalue weighted by atomic mass is 127. The van der Waals surface area contributed by atoms with Crippen molar-refractivity contribution in [2.24, 2.45) is 5.92 Å². The van der Waals surface area contributed by atoms with E-state index < -0.39 is 5.97 Å². The van der Waals surface area contributed by atoms with E-state index in [-0.39, 0.29) is 29.9 Å². The van der Waals surface area contributed by atoms with Crippen LogP contribution in [0.2, 0.25) is 0 Å². The molecule has 0 saturated carbocycles. The Bertz CT molecular complexity index is 502. The summed E-state index contributed by atoms with van der Waals surface area (Å²) in [6, 6.07) is 4.84. The highest BCUT2D eigenvalue weighted by Gasteiger charge is 2.15. The van der Waals surface area contributed by atoms with E-state index in [1.165, 1.54) is 6.07 Å². The second-order valence-corrected chi connectivity index (χ2v) is 6.08. The first-order chi connectivity index (χ1) is 9.31. The summed E-state index contributed by atoms with van der Waals surface area (Å²) in [4.78, 5) is 22.8. The van der Waals surface area contributed by atoms with Crippen LogP contribution in [0.15, 0.2) is 18.2 Å². The van der Waals surface area contributed by atoms with Crippen molar-refractivity contribution >= 4 is 34.5 Å². The SMILES string of the molecule is CC(C)C(C)NC(=O)COc1ccc(I)cc1C(=O)O. The quantitative estimate of drug-likeness (QED) is 0.731. The maximum atomic E-state index is 11.7. The average Bonchev–Trinajstić information content (AvgIpc) is 2.36. The predicted octanol–water partition coefficient (Wildman–Crippen LogP) is 2.53. The summed E-state index contributed by atoms with van der Waals surface area (Å²) >= 11 is 2.02. The number of carboxylic acids is 1. The van der Waals surface area contributed by atoms with Crippen molar-refractivity contribution in [3.05, 3.63) is 27.3 Å². The van der Waals surface area contributed by atoms with Crippen molar-refractivity contribution in [1.29, 1.82) is 0 Å². The first-order valence-corrected chi connectivity index (χ1v) is 7.34. The van der Waals surface area contributed by atoms with Gasteiger partial charge in [0.15, 0.2) is 6.61 Å². The van der Waals surface area contributed by atoms with E-state index in [0.717, 1.165) is 3.57 Å². The molecular formula is C14H18INO4. The maximum Gasteiger partial charge on any atom is 0.339 e. The Balaban J connectivity index is 2.66. The number of hydrogen-bond donors (Lipinski definition) is 2. The first-order valence-electron chi connectivity index (χ1n) is 6.26. The van der Waals surface area contributed by atoms with Gasteiger partial charge in [-0.05, 0) is 53.6 Å². The zero-order valence-corrected chi connectivity index (χ0v) is 13.8. The second kappa shape index (κ2) is 7.47. The van der Waals surface area contributed by atoms with E-state index in [1.54, 1.807) is 12.1 Å². The number of hydrogen-bond acceptors (Lipinski definition) is 3. The number of nitrogens with one attached hydrogen (secondary N) is 1. The number of amides is 1. The monoisotopic (exact) mass is 391 g/mol. The second-order valence-electron chi connectivity index (χ2n) is 4.83. The number of ether oxygens (including phenoxy) is 1. The molecule has 1 rings (SSSR count). The van der Waals surface area contributed by atoms with E-state index in [2.05, 4.69) is 5.32 Å². The average molecular weight is 391 g/mol. The Kier molecular flexibility index (Phi) is 6.25. The Morgan fingerprint density at radius 3 is 2.55 bits per heavy atom. The summed E-state index contributed by atoms with van der Waals surface area (Å²) in [5, 5.41) is 11.9. The van der Waals surface area contributed by atoms with E-state index in [9.17, 15) is 9.59 Å². The summed E-state index contributed by atoms with van der Waals surface area (Å²) < 4.78 is 6.10. The fourth-order valence-corrected chi connectivity index (χ4v) is 1.89. The number of aromatic carboxylic acids is 1. The summed E-state index contributed by atoms with van der Waals surface area (Å²) in [7, 11) is 0. The summed E-state index contributed by atoms with van der Waals surface area (Å²) in [6.07, 6.45) is 0. The molecule has 1 unspecified atom stereocenters. The predicted molar refractivity (Wildman–Crippen MR) is 84.1 cm³/mol. The molecule has 0 aliphatic carbocycles. The van der Waals surface area contributed by atoms with Gasteiger partial charge in [0.1, 0.15) is 11.3 Å². The summed E-state index contributed by atoms with van der Waals surface area (Å²) in [5.41, 5.74) is 0.0570. The smallest absolute Gasteiger partial charge is 0.339 e. The van der Waals surface area contributed by atoms with Gasteiger partial charge >= 0.3 is 5.97 Å². The van der Waals surface area contributed by atoms with Gasteiger partial charge in [0, 0.05) is 9.61 Å². The van der Waals surface area contributed by atoms with Gasteiger partial charge < -0.3 is 15.2 Å². The number of carboxylic acid groups (broad SMARTS) is 1. The van der Waals surface area contributed by atoms with Crippen molar-refractivity contribution in [2.75, 3.05) is 6.61 Å². The molecule has 2 N–H and O–H groups in total. The topological polar surface area (TPSA) is 75.6 Å². The summed E-state index contributed by atoms with van der Waals surface area (Å²) in [5.74, 6) is -0.812. The summed E-state index contributed by atoms with van der Waals surface area (Å²) in [6.45, 7) is 5.73. The van der Waals surface area contributed by atoms with Crippen LogP contribution >= 0.6 is 22.6 Å². The van der Waals surface area contributed by atoms with Gasteiger partial charge in [0.05, 0.1) is 0 Å². The minimum absolute atomic E-state index is 0.0433. The molecule has 0 bridgehead atoms. The molecule has 1 aromatic carbocycles. The van der Waals surface area contributed by atoms with Gasteiger partial charge in [-0.25, -0.2) is 4.79 Å². The van der Waals surface area contributed by atoms with Crippen LogP contribution in [0.4, 0.5) is 0 Å². The molecule has 1 amide bonds. The minimum atomic E-state index is -1.07. The van der Waals surface area contributed by atoms with Gasteiger partial charge in [-0.1, -0.05) is 13.8 Å². The number of halogens is 1. The van der Waals surface area contributed by atoms with Crippen LogP contribution in [-0.4, -0.2) is 29.6 Å². The molecule has 1 atom stereocenters. The minimum Gasteiger partial charge on any atom is -0.483 e. The lowest BCUT2D eigenvalue weighted by Crippen LogP contribution is -2.39. The number of carbonyl (C=O) groups excluding carboxylic acids is 1. The maximum absolute atomic E-state index is 11.7. The molecule has 0 aliphatic rings. The molecule has 20 heavy (non-hydrogen) atoms. The zero-order chi connectivity index (χ0) is 15.3. The third kappa shape index (κ3) is 4.99.